The van der Waals surface area contributed by atoms with Gasteiger partial charge in [0.2, 0.25) is 0 Å². The summed E-state index contributed by atoms with van der Waals surface area (Å²) in [6.07, 6.45) is 0. The van der Waals surface area contributed by atoms with E-state index in [0.29, 0.717) is 30.3 Å². The topological polar surface area (TPSA) is 71.3 Å². The van der Waals surface area contributed by atoms with Crippen molar-refractivity contribution in [2.75, 3.05) is 34.3 Å². The molecule has 31 heavy (non-hydrogen) atoms. The third-order valence-corrected chi connectivity index (χ3v) is 5.67. The van der Waals surface area contributed by atoms with Gasteiger partial charge < -0.3 is 19.6 Å². The molecule has 1 saturated heterocycles. The molecule has 1 fully saturated rings. The zero-order valence-electron chi connectivity index (χ0n) is 18.8. The highest BCUT2D eigenvalue weighted by atomic mass is 16.5. The molecule has 6 heteroatoms. The van der Waals surface area contributed by atoms with E-state index in [1.165, 1.54) is 10.5 Å². The van der Waals surface area contributed by atoms with Gasteiger partial charge in [-0.15, -0.1) is 0 Å². The van der Waals surface area contributed by atoms with Gasteiger partial charge in [0, 0.05) is 5.56 Å². The zero-order valence-corrected chi connectivity index (χ0v) is 18.8. The molecule has 1 aliphatic rings. The van der Waals surface area contributed by atoms with Gasteiger partial charge in [-0.2, -0.15) is 0 Å². The summed E-state index contributed by atoms with van der Waals surface area (Å²) in [6.45, 7) is 5.34. The predicted octanol–water partition coefficient (Wildman–Crippen LogP) is 2.38. The number of methoxy groups -OCH3 is 1. The molecule has 2 aromatic carbocycles. The number of ether oxygens (including phenoxy) is 1. The number of aliphatic hydroxyl groups excluding tert-OH is 1. The summed E-state index contributed by atoms with van der Waals surface area (Å²) in [5, 5.41) is 11.1. The highest BCUT2D eigenvalue weighted by Crippen LogP contribution is 2.39. The maximum atomic E-state index is 13.0. The molecule has 0 aromatic heterocycles. The molecule has 164 valence electrons. The molecule has 0 spiro atoms. The lowest BCUT2D eigenvalue weighted by Gasteiger charge is -2.26. The van der Waals surface area contributed by atoms with Crippen LogP contribution in [-0.2, 0) is 9.59 Å². The minimum Gasteiger partial charge on any atom is -0.507 e. The molecule has 1 atom stereocenters. The van der Waals surface area contributed by atoms with E-state index in [1.54, 1.807) is 36.3 Å². The second kappa shape index (κ2) is 9.35. The fraction of sp³-hybridized carbons (Fsp3) is 0.360. The number of nitrogens with one attached hydrogen (secondary N) is 1. The van der Waals surface area contributed by atoms with Gasteiger partial charge >= 0.3 is 0 Å². The minimum atomic E-state index is -0.653. The third kappa shape index (κ3) is 4.64. The fourth-order valence-electron chi connectivity index (χ4n) is 3.77. The van der Waals surface area contributed by atoms with Crippen molar-refractivity contribution in [2.24, 2.45) is 0 Å². The van der Waals surface area contributed by atoms with Crippen molar-refractivity contribution in [1.82, 2.24) is 4.90 Å². The number of ketones is 1. The van der Waals surface area contributed by atoms with E-state index in [1.807, 2.05) is 38.4 Å². The molecule has 0 unspecified atom stereocenters. The molecule has 0 bridgehead atoms. The van der Waals surface area contributed by atoms with Crippen LogP contribution in [0.15, 0.2) is 54.1 Å². The Bertz CT molecular complexity index is 976. The Kier molecular flexibility index (Phi) is 6.81. The summed E-state index contributed by atoms with van der Waals surface area (Å²) < 4.78 is 5.18. The summed E-state index contributed by atoms with van der Waals surface area (Å²) in [7, 11) is 5.56. The average Bonchev–Trinajstić information content (AvgIpc) is 3.02. The van der Waals surface area contributed by atoms with Crippen LogP contribution in [0.5, 0.6) is 5.75 Å². The van der Waals surface area contributed by atoms with Gasteiger partial charge in [-0.1, -0.05) is 38.1 Å². The Morgan fingerprint density at radius 3 is 2.19 bits per heavy atom. The van der Waals surface area contributed by atoms with Crippen molar-refractivity contribution in [3.63, 3.8) is 0 Å². The van der Waals surface area contributed by atoms with E-state index in [4.69, 9.17) is 4.74 Å². The van der Waals surface area contributed by atoms with E-state index in [9.17, 15) is 14.7 Å². The van der Waals surface area contributed by atoms with Crippen molar-refractivity contribution in [3.8, 4) is 5.75 Å². The number of carbonyl (C=O) groups excluding carboxylic acids is 2. The molecule has 0 aliphatic carbocycles. The van der Waals surface area contributed by atoms with Crippen LogP contribution in [0.1, 0.15) is 42.5 Å². The number of quaternary nitrogens is 1. The quantitative estimate of drug-likeness (QED) is 0.408. The highest BCUT2D eigenvalue weighted by Gasteiger charge is 2.46. The maximum absolute atomic E-state index is 13.0. The number of hydrogen-bond donors (Lipinski definition) is 2. The molecule has 1 heterocycles. The van der Waals surface area contributed by atoms with Gasteiger partial charge in [-0.25, -0.2) is 0 Å². The first kappa shape index (κ1) is 22.6. The van der Waals surface area contributed by atoms with Crippen molar-refractivity contribution < 1.29 is 24.3 Å². The first-order valence-corrected chi connectivity index (χ1v) is 10.6. The molecule has 3 rings (SSSR count). The van der Waals surface area contributed by atoms with Crippen LogP contribution in [0.25, 0.3) is 5.76 Å². The van der Waals surface area contributed by atoms with Crippen molar-refractivity contribution in [2.45, 2.75) is 25.8 Å². The Labute approximate surface area is 183 Å². The third-order valence-electron chi connectivity index (χ3n) is 5.67. The number of nitrogens with zero attached hydrogens (tertiary/aromatic N) is 1. The number of benzene rings is 2. The molecular weight excluding hydrogens is 392 g/mol. The average molecular weight is 424 g/mol. The van der Waals surface area contributed by atoms with Crippen LogP contribution < -0.4 is 9.64 Å². The zero-order chi connectivity index (χ0) is 22.7. The number of amides is 1. The SMILES string of the molecule is COc1ccc(C(O)=C2C(=O)C(=O)N(CC[NH+](C)C)[C@@H]2c2ccc(C(C)C)cc2)cc1. The van der Waals surface area contributed by atoms with Gasteiger partial charge in [0.1, 0.15) is 11.5 Å². The van der Waals surface area contributed by atoms with Crippen LogP contribution in [-0.4, -0.2) is 56.0 Å². The lowest BCUT2D eigenvalue weighted by molar-refractivity contribution is -0.857. The lowest BCUT2D eigenvalue weighted by Crippen LogP contribution is -3.06. The Morgan fingerprint density at radius 1 is 1.06 bits per heavy atom. The number of rotatable bonds is 7. The molecular formula is C25H31N2O4+. The van der Waals surface area contributed by atoms with Gasteiger partial charge in [0.15, 0.2) is 0 Å². The number of Topliss-reactive ketones (excluding diaryl/α,β-unsaturated/α-hetero) is 1. The first-order valence-electron chi connectivity index (χ1n) is 10.6. The second-order valence-corrected chi connectivity index (χ2v) is 8.50. The fourth-order valence-corrected chi connectivity index (χ4v) is 3.77. The van der Waals surface area contributed by atoms with Crippen molar-refractivity contribution in [3.05, 3.63) is 70.8 Å². The van der Waals surface area contributed by atoms with Gasteiger partial charge in [0.25, 0.3) is 11.7 Å². The van der Waals surface area contributed by atoms with E-state index >= 15 is 0 Å². The molecule has 1 aliphatic heterocycles. The largest absolute Gasteiger partial charge is 0.507 e. The van der Waals surface area contributed by atoms with E-state index in [2.05, 4.69) is 13.8 Å². The summed E-state index contributed by atoms with van der Waals surface area (Å²) in [6, 6.07) is 14.1. The van der Waals surface area contributed by atoms with Crippen molar-refractivity contribution >= 4 is 17.4 Å². The number of likely N-dealkylation sites (N-methyl/N-ethyl adjacent to an activating group) is 1. The standard InChI is InChI=1S/C25H30N2O4/c1-16(2)17-6-8-18(9-7-17)22-21(23(28)19-10-12-20(31-5)13-11-19)24(29)25(30)27(22)15-14-26(3)4/h6-13,16,22,28H,14-15H2,1-5H3/p+1/t22-/m1/s1. The van der Waals surface area contributed by atoms with Crippen molar-refractivity contribution in [1.29, 1.82) is 0 Å². The lowest BCUT2D eigenvalue weighted by atomic mass is 9.93. The van der Waals surface area contributed by atoms with Gasteiger partial charge in [0.05, 0.1) is 45.9 Å². The summed E-state index contributed by atoms with van der Waals surface area (Å²) in [5.74, 6) is -0.378. The second-order valence-electron chi connectivity index (χ2n) is 8.50. The molecule has 0 radical (unpaired) electrons. The smallest absolute Gasteiger partial charge is 0.295 e. The van der Waals surface area contributed by atoms with Gasteiger partial charge in [-0.05, 0) is 41.3 Å². The molecule has 2 N–H and O–H groups in total. The summed E-state index contributed by atoms with van der Waals surface area (Å²) >= 11 is 0. The predicted molar refractivity (Wildman–Crippen MR) is 120 cm³/mol. The van der Waals surface area contributed by atoms with E-state index in [-0.39, 0.29) is 11.3 Å². The Morgan fingerprint density at radius 2 is 1.68 bits per heavy atom. The van der Waals surface area contributed by atoms with Crippen LogP contribution in [0.3, 0.4) is 0 Å². The summed E-state index contributed by atoms with van der Waals surface area (Å²) in [5.41, 5.74) is 2.59. The van der Waals surface area contributed by atoms with Crippen LogP contribution >= 0.6 is 0 Å². The van der Waals surface area contributed by atoms with Crippen LogP contribution in [0.2, 0.25) is 0 Å². The maximum Gasteiger partial charge on any atom is 0.295 e. The Balaban J connectivity index is 2.11. The monoisotopic (exact) mass is 423 g/mol. The number of carbonyl (C=O) groups is 2. The molecule has 1 amide bonds. The van der Waals surface area contributed by atoms with Gasteiger partial charge in [-0.3, -0.25) is 9.59 Å². The van der Waals surface area contributed by atoms with E-state index < -0.39 is 17.7 Å². The number of aliphatic hydroxyl groups is 1. The normalized spacial score (nSPS) is 18.3. The molecule has 0 saturated carbocycles. The van der Waals surface area contributed by atoms with Crippen LogP contribution in [0, 0.1) is 0 Å². The minimum absolute atomic E-state index is 0.126. The number of hydrogen-bond acceptors (Lipinski definition) is 4. The Hall–Kier alpha value is -3.12. The summed E-state index contributed by atoms with van der Waals surface area (Å²) in [4.78, 5) is 28.7. The highest BCUT2D eigenvalue weighted by molar-refractivity contribution is 6.46. The molecule has 6 nitrogen and oxygen atoms in total. The molecule has 2 aromatic rings. The van der Waals surface area contributed by atoms with Crippen LogP contribution in [0.4, 0.5) is 0 Å². The first-order chi connectivity index (χ1) is 14.7. The number of likely N-dealkylation sites (tertiary alicyclic amines) is 1. The van der Waals surface area contributed by atoms with E-state index in [0.717, 1.165) is 5.56 Å².